The molecule has 3 rings (SSSR count). The summed E-state index contributed by atoms with van der Waals surface area (Å²) >= 11 is 0. The lowest BCUT2D eigenvalue weighted by Crippen LogP contribution is -2.31. The van der Waals surface area contributed by atoms with E-state index in [1.807, 2.05) is 30.3 Å². The Hall–Kier alpha value is -3.48. The van der Waals surface area contributed by atoms with Crippen LogP contribution in [0.5, 0.6) is 0 Å². The molecule has 0 saturated heterocycles. The first-order valence-electron chi connectivity index (χ1n) is 8.56. The summed E-state index contributed by atoms with van der Waals surface area (Å²) < 4.78 is 14.2. The Morgan fingerprint density at radius 1 is 1.00 bits per heavy atom. The minimum Gasteiger partial charge on any atom is -0.338 e. The number of benzene rings is 2. The van der Waals surface area contributed by atoms with Gasteiger partial charge in [0, 0.05) is 30.4 Å². The first-order valence-corrected chi connectivity index (χ1v) is 8.56. The SMILES string of the molecule is O=C(NCCCn1nc(-c2ccccc2)ccc1=O)Nc1ccc(F)cc1. The summed E-state index contributed by atoms with van der Waals surface area (Å²) in [5.74, 6) is -0.364. The molecule has 0 bridgehead atoms. The van der Waals surface area contributed by atoms with Gasteiger partial charge in [0.1, 0.15) is 5.82 Å². The number of aryl methyl sites for hydroxylation is 1. The van der Waals surface area contributed by atoms with Crippen molar-refractivity contribution in [3.63, 3.8) is 0 Å². The predicted molar refractivity (Wildman–Crippen MR) is 102 cm³/mol. The molecule has 1 heterocycles. The van der Waals surface area contributed by atoms with Gasteiger partial charge in [-0.05, 0) is 36.8 Å². The zero-order valence-electron chi connectivity index (χ0n) is 14.6. The highest BCUT2D eigenvalue weighted by Gasteiger charge is 2.04. The molecule has 0 aliphatic carbocycles. The maximum atomic E-state index is 12.8. The molecule has 138 valence electrons. The van der Waals surface area contributed by atoms with E-state index in [0.717, 1.165) is 11.3 Å². The number of carbonyl (C=O) groups excluding carboxylic acids is 1. The van der Waals surface area contributed by atoms with E-state index in [-0.39, 0.29) is 17.4 Å². The zero-order valence-corrected chi connectivity index (χ0v) is 14.6. The van der Waals surface area contributed by atoms with Gasteiger partial charge in [-0.25, -0.2) is 13.9 Å². The number of nitrogens with one attached hydrogen (secondary N) is 2. The lowest BCUT2D eigenvalue weighted by molar-refractivity contribution is 0.251. The molecule has 27 heavy (non-hydrogen) atoms. The molecule has 3 aromatic rings. The third-order valence-corrected chi connectivity index (χ3v) is 3.87. The van der Waals surface area contributed by atoms with Crippen molar-refractivity contribution in [2.75, 3.05) is 11.9 Å². The van der Waals surface area contributed by atoms with Crippen molar-refractivity contribution in [1.82, 2.24) is 15.1 Å². The van der Waals surface area contributed by atoms with Gasteiger partial charge in [0.05, 0.1) is 5.69 Å². The van der Waals surface area contributed by atoms with Gasteiger partial charge in [-0.15, -0.1) is 0 Å². The number of halogens is 1. The minimum atomic E-state index is -0.389. The second-order valence-corrected chi connectivity index (χ2v) is 5.89. The zero-order chi connectivity index (χ0) is 19.1. The second kappa shape index (κ2) is 8.75. The third-order valence-electron chi connectivity index (χ3n) is 3.87. The standard InChI is InChI=1S/C20H19FN4O2/c21-16-7-9-17(10-8-16)23-20(27)22-13-4-14-25-19(26)12-11-18(24-25)15-5-2-1-3-6-15/h1-3,5-12H,4,13-14H2,(H2,22,23,27). The number of urea groups is 1. The van der Waals surface area contributed by atoms with Crippen molar-refractivity contribution >= 4 is 11.7 Å². The van der Waals surface area contributed by atoms with Crippen LogP contribution in [0.25, 0.3) is 11.3 Å². The number of carbonyl (C=O) groups is 1. The Morgan fingerprint density at radius 2 is 1.74 bits per heavy atom. The van der Waals surface area contributed by atoms with Gasteiger partial charge in [0.2, 0.25) is 0 Å². The van der Waals surface area contributed by atoms with Crippen LogP contribution in [0, 0.1) is 5.82 Å². The van der Waals surface area contributed by atoms with E-state index >= 15 is 0 Å². The van der Waals surface area contributed by atoms with Gasteiger partial charge < -0.3 is 10.6 Å². The van der Waals surface area contributed by atoms with Crippen LogP contribution < -0.4 is 16.2 Å². The highest BCUT2D eigenvalue weighted by Crippen LogP contribution is 2.14. The third kappa shape index (κ3) is 5.24. The highest BCUT2D eigenvalue weighted by molar-refractivity contribution is 5.89. The molecule has 7 heteroatoms. The molecule has 2 amide bonds. The van der Waals surface area contributed by atoms with E-state index in [1.165, 1.54) is 35.0 Å². The monoisotopic (exact) mass is 366 g/mol. The first kappa shape index (κ1) is 18.3. The van der Waals surface area contributed by atoms with Gasteiger partial charge in [-0.1, -0.05) is 30.3 Å². The Labute approximate surface area is 155 Å². The van der Waals surface area contributed by atoms with Gasteiger partial charge in [0.15, 0.2) is 0 Å². The summed E-state index contributed by atoms with van der Waals surface area (Å²) in [6.45, 7) is 0.757. The normalized spacial score (nSPS) is 10.4. The van der Waals surface area contributed by atoms with Crippen molar-refractivity contribution in [3.8, 4) is 11.3 Å². The number of amides is 2. The maximum absolute atomic E-state index is 12.8. The summed E-state index contributed by atoms with van der Waals surface area (Å²) in [4.78, 5) is 23.8. The quantitative estimate of drug-likeness (QED) is 0.658. The number of nitrogens with zero attached hydrogens (tertiary/aromatic N) is 2. The number of hydrogen-bond donors (Lipinski definition) is 2. The number of anilines is 1. The van der Waals surface area contributed by atoms with Crippen LogP contribution in [-0.2, 0) is 6.54 Å². The van der Waals surface area contributed by atoms with Crippen LogP contribution in [0.4, 0.5) is 14.9 Å². The molecule has 2 aromatic carbocycles. The highest BCUT2D eigenvalue weighted by atomic mass is 19.1. The average molecular weight is 366 g/mol. The fourth-order valence-corrected chi connectivity index (χ4v) is 2.51. The number of aromatic nitrogens is 2. The molecule has 0 radical (unpaired) electrons. The van der Waals surface area contributed by atoms with E-state index in [1.54, 1.807) is 6.07 Å². The van der Waals surface area contributed by atoms with E-state index < -0.39 is 0 Å². The van der Waals surface area contributed by atoms with Crippen molar-refractivity contribution in [2.45, 2.75) is 13.0 Å². The van der Waals surface area contributed by atoms with Crippen LogP contribution in [0.2, 0.25) is 0 Å². The first-order chi connectivity index (χ1) is 13.1. The van der Waals surface area contributed by atoms with E-state index in [2.05, 4.69) is 15.7 Å². The Bertz CT molecular complexity index is 956. The molecule has 0 aliphatic heterocycles. The molecule has 2 N–H and O–H groups in total. The second-order valence-electron chi connectivity index (χ2n) is 5.89. The van der Waals surface area contributed by atoms with Crippen LogP contribution in [0.15, 0.2) is 71.5 Å². The molecule has 0 atom stereocenters. The van der Waals surface area contributed by atoms with Gasteiger partial charge >= 0.3 is 6.03 Å². The van der Waals surface area contributed by atoms with Crippen LogP contribution in [-0.4, -0.2) is 22.4 Å². The number of rotatable bonds is 6. The lowest BCUT2D eigenvalue weighted by Gasteiger charge is -2.09. The summed E-state index contributed by atoms with van der Waals surface area (Å²) in [5, 5.41) is 9.68. The van der Waals surface area contributed by atoms with Crippen molar-refractivity contribution in [1.29, 1.82) is 0 Å². The molecule has 6 nitrogen and oxygen atoms in total. The smallest absolute Gasteiger partial charge is 0.319 e. The molecule has 0 saturated carbocycles. The maximum Gasteiger partial charge on any atom is 0.319 e. The molecule has 0 aliphatic rings. The number of hydrogen-bond acceptors (Lipinski definition) is 3. The summed E-state index contributed by atoms with van der Waals surface area (Å²) in [6.07, 6.45) is 0.544. The molecule has 0 fully saturated rings. The lowest BCUT2D eigenvalue weighted by atomic mass is 10.1. The molecule has 0 spiro atoms. The molecule has 0 unspecified atom stereocenters. The van der Waals surface area contributed by atoms with Crippen molar-refractivity contribution in [2.24, 2.45) is 0 Å². The fourth-order valence-electron chi connectivity index (χ4n) is 2.51. The van der Waals surface area contributed by atoms with E-state index in [0.29, 0.717) is 25.2 Å². The Kier molecular flexibility index (Phi) is 5.94. The summed E-state index contributed by atoms with van der Waals surface area (Å²) in [6, 6.07) is 17.9. The van der Waals surface area contributed by atoms with E-state index in [4.69, 9.17) is 0 Å². The molecular weight excluding hydrogens is 347 g/mol. The van der Waals surface area contributed by atoms with Crippen LogP contribution >= 0.6 is 0 Å². The van der Waals surface area contributed by atoms with Gasteiger partial charge in [-0.3, -0.25) is 4.79 Å². The molecular formula is C20H19FN4O2. The average Bonchev–Trinajstić information content (AvgIpc) is 2.69. The van der Waals surface area contributed by atoms with Gasteiger partial charge in [0.25, 0.3) is 5.56 Å². The van der Waals surface area contributed by atoms with E-state index in [9.17, 15) is 14.0 Å². The summed E-state index contributed by atoms with van der Waals surface area (Å²) in [5.41, 5.74) is 1.97. The fraction of sp³-hybridized carbons (Fsp3) is 0.150. The largest absolute Gasteiger partial charge is 0.338 e. The van der Waals surface area contributed by atoms with Crippen LogP contribution in [0.1, 0.15) is 6.42 Å². The van der Waals surface area contributed by atoms with Crippen molar-refractivity contribution < 1.29 is 9.18 Å². The van der Waals surface area contributed by atoms with Crippen LogP contribution in [0.3, 0.4) is 0 Å². The minimum absolute atomic E-state index is 0.189. The topological polar surface area (TPSA) is 76.0 Å². The van der Waals surface area contributed by atoms with Gasteiger partial charge in [-0.2, -0.15) is 5.10 Å². The molecule has 1 aromatic heterocycles. The Balaban J connectivity index is 1.51. The summed E-state index contributed by atoms with van der Waals surface area (Å²) in [7, 11) is 0. The predicted octanol–water partition coefficient (Wildman–Crippen LogP) is 3.26. The Morgan fingerprint density at radius 3 is 2.48 bits per heavy atom. The van der Waals surface area contributed by atoms with Crippen molar-refractivity contribution in [3.05, 3.63) is 82.9 Å².